The van der Waals surface area contributed by atoms with Crippen LogP contribution in [0.3, 0.4) is 0 Å². The topological polar surface area (TPSA) is 12.0 Å². The van der Waals surface area contributed by atoms with Gasteiger partial charge in [0, 0.05) is 11.2 Å². The number of nitrogens with one attached hydrogen (secondary N) is 1. The van der Waals surface area contributed by atoms with Gasteiger partial charge in [0.05, 0.1) is 0 Å². The third-order valence-corrected chi connectivity index (χ3v) is 5.53. The summed E-state index contributed by atoms with van der Waals surface area (Å²) >= 11 is 0. The average molecular weight is 304 g/mol. The van der Waals surface area contributed by atoms with E-state index in [4.69, 9.17) is 0 Å². The van der Waals surface area contributed by atoms with Crippen LogP contribution in [-0.2, 0) is 0 Å². The van der Waals surface area contributed by atoms with Crippen LogP contribution in [0.25, 0.3) is 0 Å². The minimum Gasteiger partial charge on any atom is -0.380 e. The second kappa shape index (κ2) is 9.71. The highest BCUT2D eigenvalue weighted by Crippen LogP contribution is 2.39. The van der Waals surface area contributed by atoms with Crippen LogP contribution in [0.4, 0.5) is 0 Å². The van der Waals surface area contributed by atoms with Gasteiger partial charge in [0.1, 0.15) is 0 Å². The molecular formula is C21H37N. The van der Waals surface area contributed by atoms with E-state index >= 15 is 0 Å². The third-order valence-electron chi connectivity index (χ3n) is 5.53. The summed E-state index contributed by atoms with van der Waals surface area (Å²) in [5.41, 5.74) is 2.78. The minimum absolute atomic E-state index is 0.125. The van der Waals surface area contributed by atoms with Crippen molar-refractivity contribution in [2.45, 2.75) is 79.2 Å². The van der Waals surface area contributed by atoms with Crippen molar-refractivity contribution < 1.29 is 0 Å². The molecule has 0 bridgehead atoms. The Bertz CT molecular complexity index is 395. The van der Waals surface area contributed by atoms with Crippen LogP contribution in [0.5, 0.6) is 0 Å². The van der Waals surface area contributed by atoms with E-state index in [0.29, 0.717) is 0 Å². The lowest BCUT2D eigenvalue weighted by atomic mass is 9.73. The molecule has 1 N–H and O–H groups in total. The van der Waals surface area contributed by atoms with Crippen LogP contribution in [0, 0.1) is 5.41 Å². The Morgan fingerprint density at radius 3 is 1.64 bits per heavy atom. The Balaban J connectivity index is 5.51. The van der Waals surface area contributed by atoms with E-state index in [9.17, 15) is 0 Å². The predicted octanol–water partition coefficient (Wildman–Crippen LogP) is 6.55. The molecule has 0 aliphatic carbocycles. The zero-order valence-corrected chi connectivity index (χ0v) is 15.8. The largest absolute Gasteiger partial charge is 0.380 e. The SMILES string of the molecule is C=C/C(=C\C=C(/C=C)C(CC)(CC)CC)NC(C)(CC)CC. The van der Waals surface area contributed by atoms with Gasteiger partial charge in [-0.15, -0.1) is 0 Å². The minimum atomic E-state index is 0.125. The monoisotopic (exact) mass is 303 g/mol. The van der Waals surface area contributed by atoms with Crippen LogP contribution in [0.2, 0.25) is 0 Å². The molecule has 126 valence electrons. The van der Waals surface area contributed by atoms with E-state index in [1.165, 1.54) is 5.57 Å². The first-order chi connectivity index (χ1) is 10.4. The molecule has 0 aromatic heterocycles. The van der Waals surface area contributed by atoms with Gasteiger partial charge in [-0.25, -0.2) is 0 Å². The second-order valence-corrected chi connectivity index (χ2v) is 6.39. The molecule has 0 spiro atoms. The molecule has 1 nitrogen and oxygen atoms in total. The highest BCUT2D eigenvalue weighted by molar-refractivity contribution is 5.33. The number of rotatable bonds is 11. The lowest BCUT2D eigenvalue weighted by Gasteiger charge is -2.32. The third kappa shape index (κ3) is 5.19. The Kier molecular flexibility index (Phi) is 9.16. The van der Waals surface area contributed by atoms with Gasteiger partial charge in [0.25, 0.3) is 0 Å². The Morgan fingerprint density at radius 2 is 1.32 bits per heavy atom. The van der Waals surface area contributed by atoms with Gasteiger partial charge in [0.15, 0.2) is 0 Å². The predicted molar refractivity (Wildman–Crippen MR) is 102 cm³/mol. The zero-order valence-electron chi connectivity index (χ0n) is 15.8. The fourth-order valence-electron chi connectivity index (χ4n) is 2.94. The molecule has 0 unspecified atom stereocenters. The first-order valence-electron chi connectivity index (χ1n) is 8.86. The van der Waals surface area contributed by atoms with Crippen molar-refractivity contribution in [3.05, 3.63) is 48.7 Å². The molecule has 0 fully saturated rings. The van der Waals surface area contributed by atoms with E-state index in [0.717, 1.165) is 37.8 Å². The molecule has 0 amide bonds. The molecule has 0 radical (unpaired) electrons. The van der Waals surface area contributed by atoms with E-state index in [1.807, 2.05) is 12.2 Å². The summed E-state index contributed by atoms with van der Waals surface area (Å²) in [5, 5.41) is 3.63. The second-order valence-electron chi connectivity index (χ2n) is 6.39. The molecule has 0 saturated heterocycles. The van der Waals surface area contributed by atoms with Crippen molar-refractivity contribution in [1.29, 1.82) is 0 Å². The van der Waals surface area contributed by atoms with Crippen LogP contribution >= 0.6 is 0 Å². The van der Waals surface area contributed by atoms with Crippen LogP contribution in [-0.4, -0.2) is 5.54 Å². The van der Waals surface area contributed by atoms with E-state index in [2.05, 4.69) is 72.2 Å². The highest BCUT2D eigenvalue weighted by atomic mass is 15.0. The first kappa shape index (κ1) is 20.8. The van der Waals surface area contributed by atoms with Crippen molar-refractivity contribution in [2.75, 3.05) is 0 Å². The number of hydrogen-bond donors (Lipinski definition) is 1. The van der Waals surface area contributed by atoms with Crippen LogP contribution < -0.4 is 5.32 Å². The van der Waals surface area contributed by atoms with Crippen molar-refractivity contribution in [3.8, 4) is 0 Å². The van der Waals surface area contributed by atoms with Gasteiger partial charge in [-0.05, 0) is 62.2 Å². The summed E-state index contributed by atoms with van der Waals surface area (Å²) < 4.78 is 0. The van der Waals surface area contributed by atoms with Gasteiger partial charge in [0.2, 0.25) is 0 Å². The van der Waals surface area contributed by atoms with E-state index in [1.54, 1.807) is 0 Å². The molecule has 0 aliphatic heterocycles. The number of allylic oxidation sites excluding steroid dienone is 5. The van der Waals surface area contributed by atoms with Gasteiger partial charge in [-0.2, -0.15) is 0 Å². The Labute approximate surface area is 139 Å². The fraction of sp³-hybridized carbons (Fsp3) is 0.619. The number of hydrogen-bond acceptors (Lipinski definition) is 1. The van der Waals surface area contributed by atoms with Crippen molar-refractivity contribution in [1.82, 2.24) is 5.32 Å². The summed E-state index contributed by atoms with van der Waals surface area (Å²) in [4.78, 5) is 0. The highest BCUT2D eigenvalue weighted by Gasteiger charge is 2.26. The average Bonchev–Trinajstić information content (AvgIpc) is 2.57. The molecular weight excluding hydrogens is 266 g/mol. The first-order valence-corrected chi connectivity index (χ1v) is 8.86. The lowest BCUT2D eigenvalue weighted by molar-refractivity contribution is 0.322. The smallest absolute Gasteiger partial charge is 0.0340 e. The quantitative estimate of drug-likeness (QED) is 0.426. The van der Waals surface area contributed by atoms with Gasteiger partial charge in [-0.1, -0.05) is 59.9 Å². The summed E-state index contributed by atoms with van der Waals surface area (Å²) in [5.74, 6) is 0. The van der Waals surface area contributed by atoms with Crippen molar-refractivity contribution in [3.63, 3.8) is 0 Å². The van der Waals surface area contributed by atoms with E-state index < -0.39 is 0 Å². The maximum absolute atomic E-state index is 4.04. The van der Waals surface area contributed by atoms with Crippen LogP contribution in [0.1, 0.15) is 73.6 Å². The van der Waals surface area contributed by atoms with Gasteiger partial charge in [-0.3, -0.25) is 0 Å². The molecule has 0 aromatic rings. The molecule has 0 rings (SSSR count). The maximum atomic E-state index is 4.04. The standard InChI is InChI=1S/C21H37N/c1-9-18(21(13-5,14-6)15-7)16-17-19(10-2)22-20(8,11-3)12-4/h9-10,16-17,22H,1-2,11-15H2,3-8H3/b18-16+,19-17+. The lowest BCUT2D eigenvalue weighted by Crippen LogP contribution is -2.39. The fourth-order valence-corrected chi connectivity index (χ4v) is 2.94. The van der Waals surface area contributed by atoms with Gasteiger partial charge >= 0.3 is 0 Å². The molecule has 0 saturated carbocycles. The van der Waals surface area contributed by atoms with Crippen molar-refractivity contribution >= 4 is 0 Å². The Hall–Kier alpha value is -1.24. The molecule has 0 aromatic carbocycles. The Morgan fingerprint density at radius 1 is 0.818 bits per heavy atom. The summed E-state index contributed by atoms with van der Waals surface area (Å²) in [6, 6.07) is 0. The summed E-state index contributed by atoms with van der Waals surface area (Å²) in [6.45, 7) is 21.5. The summed E-state index contributed by atoms with van der Waals surface area (Å²) in [6.07, 6.45) is 13.9. The molecule has 1 heteroatoms. The van der Waals surface area contributed by atoms with E-state index in [-0.39, 0.29) is 11.0 Å². The molecule has 0 aliphatic rings. The normalized spacial score (nSPS) is 13.9. The van der Waals surface area contributed by atoms with Gasteiger partial charge < -0.3 is 5.32 Å². The molecule has 0 heterocycles. The molecule has 22 heavy (non-hydrogen) atoms. The van der Waals surface area contributed by atoms with Crippen LogP contribution in [0.15, 0.2) is 48.7 Å². The summed E-state index contributed by atoms with van der Waals surface area (Å²) in [7, 11) is 0. The van der Waals surface area contributed by atoms with Crippen molar-refractivity contribution in [2.24, 2.45) is 5.41 Å². The zero-order chi connectivity index (χ0) is 17.2. The maximum Gasteiger partial charge on any atom is 0.0340 e. The molecule has 0 atom stereocenters.